The fourth-order valence-electron chi connectivity index (χ4n) is 3.57. The lowest BCUT2D eigenvalue weighted by Gasteiger charge is -2.23. The summed E-state index contributed by atoms with van der Waals surface area (Å²) in [6.45, 7) is 0.417. The van der Waals surface area contributed by atoms with Crippen molar-refractivity contribution in [1.82, 2.24) is 15.7 Å². The highest BCUT2D eigenvalue weighted by molar-refractivity contribution is 6.35. The predicted octanol–water partition coefficient (Wildman–Crippen LogP) is 5.35. The molecule has 0 bridgehead atoms. The molecule has 8 heteroatoms. The van der Waals surface area contributed by atoms with Crippen molar-refractivity contribution in [3.8, 4) is 11.5 Å². The summed E-state index contributed by atoms with van der Waals surface area (Å²) in [5, 5.41) is 9.22. The summed E-state index contributed by atoms with van der Waals surface area (Å²) < 4.78 is 6.15. The second-order valence-corrected chi connectivity index (χ2v) is 8.54. The van der Waals surface area contributed by atoms with E-state index in [0.29, 0.717) is 46.1 Å². The SMILES string of the molecule is Clc1ccc(C[C@@H]2CONC(c3cnncc3Oc3cccc(C4CC4)c3)=N2)c(Cl)c1. The number of benzene rings is 2. The van der Waals surface area contributed by atoms with Gasteiger partial charge in [0.1, 0.15) is 5.75 Å². The lowest BCUT2D eigenvalue weighted by atomic mass is 10.1. The fraction of sp³-hybridized carbons (Fsp3) is 0.261. The standard InChI is InChI=1S/C23H20Cl2N4O2/c24-17-7-6-16(21(25)10-17)8-18-13-30-29-23(28-18)20-11-26-27-12-22(20)31-19-3-1-2-15(9-19)14-4-5-14/h1-3,6-7,9-12,14,18H,4-5,8,13H2,(H,28,29)/t18-/m1/s1. The van der Waals surface area contributed by atoms with E-state index in [-0.39, 0.29) is 6.04 Å². The summed E-state index contributed by atoms with van der Waals surface area (Å²) in [6, 6.07) is 13.5. The summed E-state index contributed by atoms with van der Waals surface area (Å²) in [6.07, 6.45) is 6.31. The molecule has 0 spiro atoms. The van der Waals surface area contributed by atoms with Gasteiger partial charge >= 0.3 is 0 Å². The van der Waals surface area contributed by atoms with Gasteiger partial charge in [0.05, 0.1) is 30.6 Å². The third kappa shape index (κ3) is 4.82. The zero-order valence-electron chi connectivity index (χ0n) is 16.6. The van der Waals surface area contributed by atoms with Crippen LogP contribution < -0.4 is 10.2 Å². The van der Waals surface area contributed by atoms with Gasteiger partial charge in [0.15, 0.2) is 11.6 Å². The van der Waals surface area contributed by atoms with Gasteiger partial charge in [-0.25, -0.2) is 5.48 Å². The molecule has 1 aliphatic carbocycles. The smallest absolute Gasteiger partial charge is 0.160 e. The molecule has 31 heavy (non-hydrogen) atoms. The number of halogens is 2. The van der Waals surface area contributed by atoms with Crippen molar-refractivity contribution in [3.63, 3.8) is 0 Å². The minimum absolute atomic E-state index is 0.117. The fourth-order valence-corrected chi connectivity index (χ4v) is 4.05. The molecule has 5 rings (SSSR count). The van der Waals surface area contributed by atoms with E-state index in [4.69, 9.17) is 37.8 Å². The highest BCUT2D eigenvalue weighted by atomic mass is 35.5. The molecule has 2 aromatic carbocycles. The first-order valence-corrected chi connectivity index (χ1v) is 10.9. The second-order valence-electron chi connectivity index (χ2n) is 7.70. The maximum Gasteiger partial charge on any atom is 0.160 e. The molecule has 1 saturated carbocycles. The second kappa shape index (κ2) is 8.83. The number of nitrogens with one attached hydrogen (secondary N) is 1. The lowest BCUT2D eigenvalue weighted by molar-refractivity contribution is 0.0623. The van der Waals surface area contributed by atoms with Gasteiger partial charge in [-0.3, -0.25) is 9.83 Å². The van der Waals surface area contributed by atoms with Crippen LogP contribution in [0.15, 0.2) is 59.9 Å². The molecule has 6 nitrogen and oxygen atoms in total. The average molecular weight is 455 g/mol. The zero-order chi connectivity index (χ0) is 21.2. The van der Waals surface area contributed by atoms with Gasteiger partial charge in [-0.2, -0.15) is 10.2 Å². The van der Waals surface area contributed by atoms with E-state index in [2.05, 4.69) is 27.8 Å². The van der Waals surface area contributed by atoms with E-state index in [1.807, 2.05) is 24.3 Å². The molecule has 1 N–H and O–H groups in total. The molecular formula is C23H20Cl2N4O2. The molecule has 1 aromatic heterocycles. The Balaban J connectivity index is 1.38. The summed E-state index contributed by atoms with van der Waals surface area (Å²) in [5.74, 6) is 2.52. The van der Waals surface area contributed by atoms with Crippen molar-refractivity contribution in [2.24, 2.45) is 4.99 Å². The predicted molar refractivity (Wildman–Crippen MR) is 120 cm³/mol. The molecule has 1 aliphatic heterocycles. The first-order valence-electron chi connectivity index (χ1n) is 10.1. The maximum absolute atomic E-state index is 6.33. The van der Waals surface area contributed by atoms with Crippen LogP contribution in [0, 0.1) is 0 Å². The Morgan fingerprint density at radius 1 is 1.06 bits per heavy atom. The number of ether oxygens (including phenoxy) is 1. The Bertz CT molecular complexity index is 1130. The highest BCUT2D eigenvalue weighted by Gasteiger charge is 2.24. The van der Waals surface area contributed by atoms with E-state index >= 15 is 0 Å². The summed E-state index contributed by atoms with van der Waals surface area (Å²) in [7, 11) is 0. The number of aromatic nitrogens is 2. The van der Waals surface area contributed by atoms with Crippen molar-refractivity contribution in [2.45, 2.75) is 31.2 Å². The van der Waals surface area contributed by atoms with Gasteiger partial charge in [-0.05, 0) is 60.6 Å². The van der Waals surface area contributed by atoms with Crippen molar-refractivity contribution in [3.05, 3.63) is 81.6 Å². The van der Waals surface area contributed by atoms with Gasteiger partial charge in [0.25, 0.3) is 0 Å². The first kappa shape index (κ1) is 20.2. The van der Waals surface area contributed by atoms with E-state index in [1.54, 1.807) is 18.5 Å². The van der Waals surface area contributed by atoms with Gasteiger partial charge < -0.3 is 4.74 Å². The Kier molecular flexibility index (Phi) is 5.76. The van der Waals surface area contributed by atoms with Gasteiger partial charge in [-0.15, -0.1) is 0 Å². The van der Waals surface area contributed by atoms with Crippen LogP contribution in [0.3, 0.4) is 0 Å². The number of hydrogen-bond donors (Lipinski definition) is 1. The quantitative estimate of drug-likeness (QED) is 0.543. The number of aliphatic imine (C=N–C) groups is 1. The van der Waals surface area contributed by atoms with Crippen LogP contribution in [0.4, 0.5) is 0 Å². The molecule has 1 fully saturated rings. The van der Waals surface area contributed by atoms with Gasteiger partial charge in [-0.1, -0.05) is 41.4 Å². The number of nitrogens with zero attached hydrogens (tertiary/aromatic N) is 3. The molecular weight excluding hydrogens is 435 g/mol. The van der Waals surface area contributed by atoms with Gasteiger partial charge in [0, 0.05) is 10.0 Å². The maximum atomic E-state index is 6.33. The van der Waals surface area contributed by atoms with Crippen molar-refractivity contribution in [1.29, 1.82) is 0 Å². The van der Waals surface area contributed by atoms with Crippen LogP contribution in [-0.2, 0) is 11.3 Å². The number of rotatable bonds is 6. The molecule has 0 saturated heterocycles. The number of amidine groups is 1. The van der Waals surface area contributed by atoms with Crippen LogP contribution in [0.2, 0.25) is 10.0 Å². The molecule has 2 aliphatic rings. The topological polar surface area (TPSA) is 68.6 Å². The average Bonchev–Trinajstić information content (AvgIpc) is 3.62. The summed E-state index contributed by atoms with van der Waals surface area (Å²) in [5.41, 5.74) is 5.84. The van der Waals surface area contributed by atoms with Crippen LogP contribution in [0.1, 0.15) is 35.4 Å². The Morgan fingerprint density at radius 3 is 2.77 bits per heavy atom. The summed E-state index contributed by atoms with van der Waals surface area (Å²) >= 11 is 12.3. The molecule has 0 unspecified atom stereocenters. The number of hydroxylamine groups is 1. The molecule has 0 radical (unpaired) electrons. The van der Waals surface area contributed by atoms with Crippen molar-refractivity contribution < 1.29 is 9.57 Å². The Hall–Kier alpha value is -2.67. The monoisotopic (exact) mass is 454 g/mol. The zero-order valence-corrected chi connectivity index (χ0v) is 18.1. The molecule has 0 amide bonds. The molecule has 2 heterocycles. The molecule has 1 atom stereocenters. The largest absolute Gasteiger partial charge is 0.455 e. The normalized spacial score (nSPS) is 18.3. The summed E-state index contributed by atoms with van der Waals surface area (Å²) in [4.78, 5) is 10.4. The first-order chi connectivity index (χ1) is 15.2. The molecule has 158 valence electrons. The van der Waals surface area contributed by atoms with Crippen LogP contribution in [0.5, 0.6) is 11.5 Å². The lowest BCUT2D eigenvalue weighted by Crippen LogP contribution is -2.37. The van der Waals surface area contributed by atoms with Crippen LogP contribution >= 0.6 is 23.2 Å². The third-order valence-electron chi connectivity index (χ3n) is 5.31. The third-order valence-corrected chi connectivity index (χ3v) is 5.90. The minimum Gasteiger partial charge on any atom is -0.455 e. The van der Waals surface area contributed by atoms with Crippen LogP contribution in [-0.4, -0.2) is 28.7 Å². The Labute approximate surface area is 190 Å². The van der Waals surface area contributed by atoms with E-state index in [9.17, 15) is 0 Å². The molecule has 3 aromatic rings. The van der Waals surface area contributed by atoms with E-state index in [0.717, 1.165) is 11.3 Å². The van der Waals surface area contributed by atoms with E-state index in [1.165, 1.54) is 18.4 Å². The minimum atomic E-state index is -0.117. The van der Waals surface area contributed by atoms with Crippen molar-refractivity contribution >= 4 is 29.0 Å². The van der Waals surface area contributed by atoms with Crippen LogP contribution in [0.25, 0.3) is 0 Å². The Morgan fingerprint density at radius 2 is 1.94 bits per heavy atom. The van der Waals surface area contributed by atoms with Crippen molar-refractivity contribution in [2.75, 3.05) is 6.61 Å². The van der Waals surface area contributed by atoms with Gasteiger partial charge in [0.2, 0.25) is 0 Å². The highest BCUT2D eigenvalue weighted by Crippen LogP contribution is 2.41. The number of hydrogen-bond acceptors (Lipinski definition) is 6. The van der Waals surface area contributed by atoms with E-state index < -0.39 is 0 Å².